The third kappa shape index (κ3) is 6.18. The van der Waals surface area contributed by atoms with Gasteiger partial charge in [-0.25, -0.2) is 9.86 Å². The van der Waals surface area contributed by atoms with Crippen molar-refractivity contribution in [2.45, 2.75) is 18.9 Å². The number of amides is 2. The Kier molecular flexibility index (Phi) is 7.89. The average molecular weight is 417 g/mol. The fraction of sp³-hybridized carbons (Fsp3) is 0.409. The SMILES string of the molecule is NC(=O)N(O)CCCCN1CCN(C(c2ccccc2)c2ccc(Cl)cc2)CC1. The minimum atomic E-state index is -0.798. The van der Waals surface area contributed by atoms with E-state index in [0.29, 0.717) is 5.06 Å². The topological polar surface area (TPSA) is 73.0 Å². The van der Waals surface area contributed by atoms with Gasteiger partial charge >= 0.3 is 6.03 Å². The van der Waals surface area contributed by atoms with E-state index < -0.39 is 6.03 Å². The Morgan fingerprint density at radius 2 is 1.62 bits per heavy atom. The zero-order valence-corrected chi connectivity index (χ0v) is 17.3. The third-order valence-corrected chi connectivity index (χ3v) is 5.67. The highest BCUT2D eigenvalue weighted by Crippen LogP contribution is 2.30. The number of nitrogens with two attached hydrogens (primary N) is 1. The molecule has 7 heteroatoms. The van der Waals surface area contributed by atoms with Crippen LogP contribution in [-0.2, 0) is 0 Å². The van der Waals surface area contributed by atoms with Crippen molar-refractivity contribution in [3.8, 4) is 0 Å². The molecule has 1 saturated heterocycles. The van der Waals surface area contributed by atoms with Crippen molar-refractivity contribution in [3.05, 3.63) is 70.7 Å². The van der Waals surface area contributed by atoms with Gasteiger partial charge in [0.05, 0.1) is 12.6 Å². The van der Waals surface area contributed by atoms with Gasteiger partial charge in [0.1, 0.15) is 0 Å². The van der Waals surface area contributed by atoms with Gasteiger partial charge in [0.15, 0.2) is 0 Å². The molecule has 1 heterocycles. The molecule has 0 radical (unpaired) electrons. The highest BCUT2D eigenvalue weighted by molar-refractivity contribution is 6.30. The Morgan fingerprint density at radius 1 is 1.00 bits per heavy atom. The Labute approximate surface area is 177 Å². The predicted molar refractivity (Wildman–Crippen MR) is 115 cm³/mol. The standard InChI is InChI=1S/C22H29ClN4O2/c23-20-10-8-19(9-11-20)21(18-6-2-1-3-7-18)26-16-14-25(15-17-26)12-4-5-13-27(29)22(24)28/h1-3,6-11,21,29H,4-5,12-17H2,(H2,24,28). The zero-order chi connectivity index (χ0) is 20.6. The van der Waals surface area contributed by atoms with E-state index in [2.05, 4.69) is 46.2 Å². The number of carbonyl (C=O) groups excluding carboxylic acids is 1. The molecule has 0 bridgehead atoms. The summed E-state index contributed by atoms with van der Waals surface area (Å²) < 4.78 is 0. The number of urea groups is 1. The lowest BCUT2D eigenvalue weighted by Crippen LogP contribution is -2.48. The van der Waals surface area contributed by atoms with Gasteiger partial charge < -0.3 is 10.6 Å². The molecule has 2 aromatic rings. The van der Waals surface area contributed by atoms with Crippen LogP contribution in [0.3, 0.4) is 0 Å². The Balaban J connectivity index is 1.56. The molecule has 6 nitrogen and oxygen atoms in total. The summed E-state index contributed by atoms with van der Waals surface area (Å²) in [5.74, 6) is 0. The second-order valence-electron chi connectivity index (χ2n) is 7.41. The van der Waals surface area contributed by atoms with Gasteiger partial charge in [0, 0.05) is 31.2 Å². The minimum absolute atomic E-state index is 0.217. The molecule has 3 rings (SSSR count). The van der Waals surface area contributed by atoms with Crippen molar-refractivity contribution in [1.29, 1.82) is 0 Å². The second-order valence-corrected chi connectivity index (χ2v) is 7.85. The lowest BCUT2D eigenvalue weighted by molar-refractivity contribution is -0.0407. The third-order valence-electron chi connectivity index (χ3n) is 5.42. The van der Waals surface area contributed by atoms with E-state index in [1.54, 1.807) is 0 Å². The maximum Gasteiger partial charge on any atom is 0.338 e. The van der Waals surface area contributed by atoms with E-state index in [-0.39, 0.29) is 12.6 Å². The number of nitrogens with zero attached hydrogens (tertiary/aromatic N) is 3. The van der Waals surface area contributed by atoms with Crippen LogP contribution < -0.4 is 5.73 Å². The normalized spacial score (nSPS) is 16.5. The lowest BCUT2D eigenvalue weighted by atomic mass is 9.96. The number of hydrogen-bond donors (Lipinski definition) is 2. The van der Waals surface area contributed by atoms with Gasteiger partial charge in [0.2, 0.25) is 0 Å². The van der Waals surface area contributed by atoms with Crippen LogP contribution in [-0.4, -0.2) is 65.4 Å². The molecular weight excluding hydrogens is 388 g/mol. The van der Waals surface area contributed by atoms with Crippen molar-refractivity contribution in [1.82, 2.24) is 14.9 Å². The first-order chi connectivity index (χ1) is 14.0. The van der Waals surface area contributed by atoms with Gasteiger partial charge in [-0.15, -0.1) is 0 Å². The fourth-order valence-electron chi connectivity index (χ4n) is 3.85. The molecule has 2 amide bonds. The lowest BCUT2D eigenvalue weighted by Gasteiger charge is -2.40. The fourth-order valence-corrected chi connectivity index (χ4v) is 3.97. The molecule has 0 saturated carbocycles. The van der Waals surface area contributed by atoms with Gasteiger partial charge in [-0.05, 0) is 42.6 Å². The minimum Gasteiger partial charge on any atom is -0.350 e. The molecule has 29 heavy (non-hydrogen) atoms. The molecule has 1 aliphatic rings. The summed E-state index contributed by atoms with van der Waals surface area (Å²) >= 11 is 6.10. The van der Waals surface area contributed by atoms with E-state index >= 15 is 0 Å². The van der Waals surface area contributed by atoms with Gasteiger partial charge in [-0.1, -0.05) is 54.1 Å². The molecular formula is C22H29ClN4O2. The number of primary amides is 1. The van der Waals surface area contributed by atoms with Crippen molar-refractivity contribution in [2.24, 2.45) is 5.73 Å². The maximum absolute atomic E-state index is 10.8. The predicted octanol–water partition coefficient (Wildman–Crippen LogP) is 3.60. The number of carbonyl (C=O) groups is 1. The van der Waals surface area contributed by atoms with Crippen LogP contribution in [0.25, 0.3) is 0 Å². The van der Waals surface area contributed by atoms with E-state index in [9.17, 15) is 10.0 Å². The van der Waals surface area contributed by atoms with Crippen LogP contribution in [0.5, 0.6) is 0 Å². The number of rotatable bonds is 8. The Hall–Kier alpha value is -2.12. The number of halogens is 1. The monoisotopic (exact) mass is 416 g/mol. The quantitative estimate of drug-likeness (QED) is 0.392. The van der Waals surface area contributed by atoms with E-state index in [1.807, 2.05) is 18.2 Å². The highest BCUT2D eigenvalue weighted by Gasteiger charge is 2.26. The molecule has 156 valence electrons. The van der Waals surface area contributed by atoms with Crippen LogP contribution in [0.2, 0.25) is 5.02 Å². The molecule has 0 aromatic heterocycles. The summed E-state index contributed by atoms with van der Waals surface area (Å²) in [4.78, 5) is 15.8. The smallest absolute Gasteiger partial charge is 0.338 e. The van der Waals surface area contributed by atoms with Crippen LogP contribution in [0, 0.1) is 0 Å². The first-order valence-corrected chi connectivity index (χ1v) is 10.4. The van der Waals surface area contributed by atoms with Crippen molar-refractivity contribution >= 4 is 17.6 Å². The summed E-state index contributed by atoms with van der Waals surface area (Å²) in [5, 5.41) is 10.7. The van der Waals surface area contributed by atoms with Crippen molar-refractivity contribution in [2.75, 3.05) is 39.3 Å². The van der Waals surface area contributed by atoms with Crippen LogP contribution in [0.15, 0.2) is 54.6 Å². The second kappa shape index (κ2) is 10.6. The maximum atomic E-state index is 10.8. The highest BCUT2D eigenvalue weighted by atomic mass is 35.5. The molecule has 1 aliphatic heterocycles. The van der Waals surface area contributed by atoms with E-state index in [1.165, 1.54) is 11.1 Å². The van der Waals surface area contributed by atoms with Crippen molar-refractivity contribution < 1.29 is 10.0 Å². The molecule has 2 aromatic carbocycles. The van der Waals surface area contributed by atoms with E-state index in [0.717, 1.165) is 50.6 Å². The molecule has 3 N–H and O–H groups in total. The summed E-state index contributed by atoms with van der Waals surface area (Å²) in [7, 11) is 0. The van der Waals surface area contributed by atoms with E-state index in [4.69, 9.17) is 17.3 Å². The molecule has 1 fully saturated rings. The number of benzene rings is 2. The zero-order valence-electron chi connectivity index (χ0n) is 16.6. The first kappa shape index (κ1) is 21.6. The first-order valence-electron chi connectivity index (χ1n) is 10.1. The number of piperazine rings is 1. The average Bonchev–Trinajstić information content (AvgIpc) is 2.74. The molecule has 1 unspecified atom stereocenters. The molecule has 1 atom stereocenters. The summed E-state index contributed by atoms with van der Waals surface area (Å²) in [6, 6.07) is 18.2. The van der Waals surface area contributed by atoms with Crippen LogP contribution >= 0.6 is 11.6 Å². The van der Waals surface area contributed by atoms with Gasteiger partial charge in [-0.2, -0.15) is 0 Å². The number of hydrogen-bond acceptors (Lipinski definition) is 4. The van der Waals surface area contributed by atoms with Crippen molar-refractivity contribution in [3.63, 3.8) is 0 Å². The summed E-state index contributed by atoms with van der Waals surface area (Å²) in [6.45, 7) is 5.19. The van der Waals surface area contributed by atoms with Gasteiger partial charge in [-0.3, -0.25) is 10.1 Å². The largest absolute Gasteiger partial charge is 0.350 e. The molecule has 0 aliphatic carbocycles. The summed E-state index contributed by atoms with van der Waals surface area (Å²) in [5.41, 5.74) is 7.57. The van der Waals surface area contributed by atoms with Crippen LogP contribution in [0.1, 0.15) is 30.0 Å². The summed E-state index contributed by atoms with van der Waals surface area (Å²) in [6.07, 6.45) is 1.65. The van der Waals surface area contributed by atoms with Gasteiger partial charge in [0.25, 0.3) is 0 Å². The van der Waals surface area contributed by atoms with Crippen LogP contribution in [0.4, 0.5) is 4.79 Å². The Morgan fingerprint density at radius 3 is 2.24 bits per heavy atom. The Bertz CT molecular complexity index is 764. The number of unbranched alkanes of at least 4 members (excludes halogenated alkanes) is 1. The molecule has 0 spiro atoms. The number of hydroxylamine groups is 2.